The minimum atomic E-state index is -0.101. The van der Waals surface area contributed by atoms with Crippen LogP contribution in [0.4, 0.5) is 0 Å². The lowest BCUT2D eigenvalue weighted by Crippen LogP contribution is -2.44. The summed E-state index contributed by atoms with van der Waals surface area (Å²) < 4.78 is 0. The third kappa shape index (κ3) is 2.96. The zero-order valence-electron chi connectivity index (χ0n) is 9.38. The van der Waals surface area contributed by atoms with Crippen LogP contribution in [0.2, 0.25) is 0 Å². The number of aliphatic hydroxyl groups excluding tert-OH is 1. The van der Waals surface area contributed by atoms with Crippen molar-refractivity contribution in [3.05, 3.63) is 0 Å². The summed E-state index contributed by atoms with van der Waals surface area (Å²) in [6.07, 6.45) is 3.47. The summed E-state index contributed by atoms with van der Waals surface area (Å²) >= 11 is 0. The number of hydrogen-bond acceptors (Lipinski definition) is 2. The molecule has 0 saturated heterocycles. The average molecular weight is 185 g/mol. The molecule has 1 atom stereocenters. The summed E-state index contributed by atoms with van der Waals surface area (Å²) in [6.45, 7) is 7.48. The minimum Gasteiger partial charge on any atom is -0.392 e. The molecule has 0 amide bonds. The second-order valence-corrected chi connectivity index (χ2v) is 4.95. The zero-order valence-corrected chi connectivity index (χ0v) is 9.38. The number of nitrogens with zero attached hydrogens (tertiary/aromatic N) is 1. The standard InChI is InChI=1S/C11H23NO/c1-5-11(2,3)12(4)8-10(13)9-6-7-9/h9-10,13H,5-8H2,1-4H3. The Hall–Kier alpha value is -0.0800. The second kappa shape index (κ2) is 3.97. The van der Waals surface area contributed by atoms with Crippen LogP contribution in [0.25, 0.3) is 0 Å². The van der Waals surface area contributed by atoms with Gasteiger partial charge in [-0.2, -0.15) is 0 Å². The molecule has 1 unspecified atom stereocenters. The first kappa shape index (κ1) is 11.0. The van der Waals surface area contributed by atoms with Gasteiger partial charge in [-0.3, -0.25) is 4.90 Å². The van der Waals surface area contributed by atoms with E-state index < -0.39 is 0 Å². The van der Waals surface area contributed by atoms with E-state index in [9.17, 15) is 5.11 Å². The second-order valence-electron chi connectivity index (χ2n) is 4.95. The first-order valence-electron chi connectivity index (χ1n) is 5.36. The van der Waals surface area contributed by atoms with Gasteiger partial charge in [0.25, 0.3) is 0 Å². The maximum absolute atomic E-state index is 9.78. The molecule has 1 fully saturated rings. The maximum Gasteiger partial charge on any atom is 0.0695 e. The van der Waals surface area contributed by atoms with Gasteiger partial charge in [-0.1, -0.05) is 6.92 Å². The predicted molar refractivity (Wildman–Crippen MR) is 55.7 cm³/mol. The molecule has 2 heteroatoms. The van der Waals surface area contributed by atoms with Gasteiger partial charge >= 0.3 is 0 Å². The van der Waals surface area contributed by atoms with Gasteiger partial charge in [0.1, 0.15) is 0 Å². The van der Waals surface area contributed by atoms with Crippen LogP contribution in [-0.4, -0.2) is 35.2 Å². The van der Waals surface area contributed by atoms with E-state index in [0.717, 1.165) is 13.0 Å². The molecule has 2 nitrogen and oxygen atoms in total. The molecule has 0 aliphatic heterocycles. The highest BCUT2D eigenvalue weighted by Gasteiger charge is 2.32. The van der Waals surface area contributed by atoms with Crippen LogP contribution in [0.3, 0.4) is 0 Å². The first-order valence-corrected chi connectivity index (χ1v) is 5.36. The molecular formula is C11H23NO. The van der Waals surface area contributed by atoms with Gasteiger partial charge in [0, 0.05) is 12.1 Å². The molecule has 0 radical (unpaired) electrons. The van der Waals surface area contributed by atoms with Crippen molar-refractivity contribution in [3.63, 3.8) is 0 Å². The van der Waals surface area contributed by atoms with Crippen molar-refractivity contribution >= 4 is 0 Å². The molecule has 1 rings (SSSR count). The Morgan fingerprint density at radius 3 is 2.38 bits per heavy atom. The number of hydrogen-bond donors (Lipinski definition) is 1. The molecule has 1 N–H and O–H groups in total. The summed E-state index contributed by atoms with van der Waals surface area (Å²) in [5.41, 5.74) is 0.218. The molecular weight excluding hydrogens is 162 g/mol. The first-order chi connectivity index (χ1) is 5.97. The summed E-state index contributed by atoms with van der Waals surface area (Å²) in [4.78, 5) is 2.27. The van der Waals surface area contributed by atoms with Crippen LogP contribution >= 0.6 is 0 Å². The van der Waals surface area contributed by atoms with Crippen LogP contribution in [0, 0.1) is 5.92 Å². The van der Waals surface area contributed by atoms with E-state index in [4.69, 9.17) is 0 Å². The third-order valence-electron chi connectivity index (χ3n) is 3.53. The lowest BCUT2D eigenvalue weighted by molar-refractivity contribution is 0.0573. The van der Waals surface area contributed by atoms with Crippen LogP contribution in [0.1, 0.15) is 40.0 Å². The fraction of sp³-hybridized carbons (Fsp3) is 1.00. The van der Waals surface area contributed by atoms with E-state index in [1.807, 2.05) is 0 Å². The molecule has 0 bridgehead atoms. The number of β-amino-alcohol motifs (C(OH)–C–C–N with tert-alkyl or cyclic N) is 1. The third-order valence-corrected chi connectivity index (χ3v) is 3.53. The number of rotatable bonds is 5. The fourth-order valence-corrected chi connectivity index (χ4v) is 1.43. The molecule has 0 aromatic heterocycles. The van der Waals surface area contributed by atoms with Gasteiger partial charge in [0.05, 0.1) is 6.10 Å². The zero-order chi connectivity index (χ0) is 10.1. The number of likely N-dealkylation sites (N-methyl/N-ethyl adjacent to an activating group) is 1. The predicted octanol–water partition coefficient (Wildman–Crippen LogP) is 1.88. The lowest BCUT2D eigenvalue weighted by atomic mass is 9.99. The van der Waals surface area contributed by atoms with Gasteiger partial charge in [0.15, 0.2) is 0 Å². The van der Waals surface area contributed by atoms with Crippen molar-refractivity contribution in [2.24, 2.45) is 5.92 Å². The molecule has 78 valence electrons. The molecule has 1 aliphatic carbocycles. The summed E-state index contributed by atoms with van der Waals surface area (Å²) in [7, 11) is 2.11. The molecule has 0 aromatic rings. The Labute approximate surface area is 81.9 Å². The van der Waals surface area contributed by atoms with Gasteiger partial charge in [-0.05, 0) is 46.1 Å². The Morgan fingerprint density at radius 2 is 2.00 bits per heavy atom. The van der Waals surface area contributed by atoms with Crippen molar-refractivity contribution in [3.8, 4) is 0 Å². The van der Waals surface area contributed by atoms with Crippen LogP contribution < -0.4 is 0 Å². The summed E-state index contributed by atoms with van der Waals surface area (Å²) in [6, 6.07) is 0. The average Bonchev–Trinajstić information content (AvgIpc) is 2.86. The lowest BCUT2D eigenvalue weighted by Gasteiger charge is -2.36. The van der Waals surface area contributed by atoms with Crippen molar-refractivity contribution in [1.29, 1.82) is 0 Å². The molecule has 0 heterocycles. The van der Waals surface area contributed by atoms with Crippen LogP contribution in [0.15, 0.2) is 0 Å². The van der Waals surface area contributed by atoms with E-state index in [2.05, 4.69) is 32.7 Å². The number of aliphatic hydroxyl groups is 1. The Bertz CT molecular complexity index is 163. The summed E-state index contributed by atoms with van der Waals surface area (Å²) in [5.74, 6) is 0.593. The highest BCUT2D eigenvalue weighted by atomic mass is 16.3. The van der Waals surface area contributed by atoms with E-state index in [-0.39, 0.29) is 11.6 Å². The molecule has 1 aliphatic rings. The Kier molecular flexibility index (Phi) is 3.36. The summed E-state index contributed by atoms with van der Waals surface area (Å²) in [5, 5.41) is 9.78. The van der Waals surface area contributed by atoms with Gasteiger partial charge in [-0.15, -0.1) is 0 Å². The van der Waals surface area contributed by atoms with Crippen molar-refractivity contribution in [1.82, 2.24) is 4.90 Å². The van der Waals surface area contributed by atoms with E-state index in [1.54, 1.807) is 0 Å². The molecule has 13 heavy (non-hydrogen) atoms. The monoisotopic (exact) mass is 185 g/mol. The quantitative estimate of drug-likeness (QED) is 0.707. The molecule has 1 saturated carbocycles. The SMILES string of the molecule is CCC(C)(C)N(C)CC(O)C1CC1. The Morgan fingerprint density at radius 1 is 1.46 bits per heavy atom. The smallest absolute Gasteiger partial charge is 0.0695 e. The fourth-order valence-electron chi connectivity index (χ4n) is 1.43. The van der Waals surface area contributed by atoms with E-state index in [0.29, 0.717) is 5.92 Å². The van der Waals surface area contributed by atoms with Gasteiger partial charge in [-0.25, -0.2) is 0 Å². The normalized spacial score (nSPS) is 20.8. The highest BCUT2D eigenvalue weighted by molar-refractivity contribution is 4.86. The van der Waals surface area contributed by atoms with Gasteiger partial charge in [0.2, 0.25) is 0 Å². The van der Waals surface area contributed by atoms with E-state index in [1.165, 1.54) is 12.8 Å². The maximum atomic E-state index is 9.78. The largest absolute Gasteiger partial charge is 0.392 e. The van der Waals surface area contributed by atoms with Crippen LogP contribution in [0.5, 0.6) is 0 Å². The van der Waals surface area contributed by atoms with Crippen molar-refractivity contribution < 1.29 is 5.11 Å². The van der Waals surface area contributed by atoms with Gasteiger partial charge < -0.3 is 5.11 Å². The molecule has 0 spiro atoms. The Balaban J connectivity index is 2.34. The van der Waals surface area contributed by atoms with Crippen molar-refractivity contribution in [2.45, 2.75) is 51.7 Å². The molecule has 0 aromatic carbocycles. The topological polar surface area (TPSA) is 23.5 Å². The van der Waals surface area contributed by atoms with E-state index >= 15 is 0 Å². The van der Waals surface area contributed by atoms with Crippen molar-refractivity contribution in [2.75, 3.05) is 13.6 Å². The highest BCUT2D eigenvalue weighted by Crippen LogP contribution is 2.33. The minimum absolute atomic E-state index is 0.101. The van der Waals surface area contributed by atoms with Crippen LogP contribution in [-0.2, 0) is 0 Å².